The number of rotatable bonds is 9. The van der Waals surface area contributed by atoms with Gasteiger partial charge < -0.3 is 19.8 Å². The molecule has 1 aromatic heterocycles. The topological polar surface area (TPSA) is 80.6 Å². The van der Waals surface area contributed by atoms with Gasteiger partial charge in [-0.25, -0.2) is 0 Å². The minimum Gasteiger partial charge on any atom is -0.465 e. The molecule has 29 heavy (non-hydrogen) atoms. The van der Waals surface area contributed by atoms with Crippen molar-refractivity contribution >= 4 is 17.9 Å². The molecule has 0 spiro atoms. The van der Waals surface area contributed by atoms with Crippen molar-refractivity contribution in [3.63, 3.8) is 0 Å². The molecule has 0 fully saturated rings. The van der Waals surface area contributed by atoms with Crippen molar-refractivity contribution in [2.24, 2.45) is 0 Å². The monoisotopic (exact) mass is 390 g/mol. The third kappa shape index (κ3) is 6.48. The number of amides is 2. The number of carbonyl (C=O) groups excluding carboxylic acids is 2. The van der Waals surface area contributed by atoms with E-state index in [4.69, 9.17) is 9.15 Å². The lowest BCUT2D eigenvalue weighted by Gasteiger charge is -2.11. The number of benzene rings is 2. The van der Waals surface area contributed by atoms with Crippen LogP contribution in [0.2, 0.25) is 0 Å². The van der Waals surface area contributed by atoms with E-state index in [-0.39, 0.29) is 11.6 Å². The summed E-state index contributed by atoms with van der Waals surface area (Å²) < 4.78 is 10.8. The number of hydrogen-bond donors (Lipinski definition) is 2. The van der Waals surface area contributed by atoms with Gasteiger partial charge in [0.25, 0.3) is 11.8 Å². The molecule has 148 valence electrons. The first-order valence-electron chi connectivity index (χ1n) is 9.24. The fourth-order valence-electron chi connectivity index (χ4n) is 2.55. The van der Waals surface area contributed by atoms with Crippen LogP contribution in [-0.4, -0.2) is 25.0 Å². The quantitative estimate of drug-likeness (QED) is 0.434. The summed E-state index contributed by atoms with van der Waals surface area (Å²) in [5, 5.41) is 5.40. The second-order valence-electron chi connectivity index (χ2n) is 6.19. The van der Waals surface area contributed by atoms with Gasteiger partial charge in [0.2, 0.25) is 0 Å². The highest BCUT2D eigenvalue weighted by Gasteiger charge is 2.14. The average Bonchev–Trinajstić information content (AvgIpc) is 3.27. The molecule has 3 aromatic rings. The lowest BCUT2D eigenvalue weighted by Crippen LogP contribution is -2.36. The number of carbonyl (C=O) groups is 2. The van der Waals surface area contributed by atoms with Crippen LogP contribution in [0.15, 0.2) is 89.2 Å². The van der Waals surface area contributed by atoms with E-state index < -0.39 is 5.91 Å². The van der Waals surface area contributed by atoms with Gasteiger partial charge in [-0.05, 0) is 29.8 Å². The van der Waals surface area contributed by atoms with E-state index in [1.807, 2.05) is 36.4 Å². The zero-order valence-electron chi connectivity index (χ0n) is 15.8. The van der Waals surface area contributed by atoms with Crippen molar-refractivity contribution in [2.75, 3.05) is 13.2 Å². The minimum atomic E-state index is -0.422. The van der Waals surface area contributed by atoms with Gasteiger partial charge in [0.1, 0.15) is 11.5 Å². The summed E-state index contributed by atoms with van der Waals surface area (Å²) in [6.45, 7) is 1.13. The molecule has 3 rings (SSSR count). The van der Waals surface area contributed by atoms with Gasteiger partial charge in [0.05, 0.1) is 19.5 Å². The maximum Gasteiger partial charge on any atom is 0.268 e. The van der Waals surface area contributed by atoms with E-state index in [2.05, 4.69) is 10.6 Å². The van der Waals surface area contributed by atoms with Crippen LogP contribution in [0, 0.1) is 0 Å². The number of nitrogens with one attached hydrogen (secondary N) is 2. The predicted molar refractivity (Wildman–Crippen MR) is 110 cm³/mol. The fraction of sp³-hybridized carbons (Fsp3) is 0.130. The molecule has 0 aliphatic heterocycles. The first-order chi connectivity index (χ1) is 14.2. The van der Waals surface area contributed by atoms with E-state index in [1.54, 1.807) is 36.4 Å². The Bertz CT molecular complexity index is 936. The van der Waals surface area contributed by atoms with Gasteiger partial charge in [0, 0.05) is 18.2 Å². The standard InChI is InChI=1S/C23H22N2O4/c26-22(19-10-5-2-6-11-19)25-21(16-20-12-7-14-29-20)23(27)24-13-15-28-17-18-8-3-1-4-9-18/h1-12,14,16H,13,15,17H2,(H,24,27)(H,25,26)/b21-16-. The lowest BCUT2D eigenvalue weighted by molar-refractivity contribution is -0.118. The van der Waals surface area contributed by atoms with E-state index >= 15 is 0 Å². The highest BCUT2D eigenvalue weighted by Crippen LogP contribution is 2.08. The van der Waals surface area contributed by atoms with E-state index in [1.165, 1.54) is 12.3 Å². The van der Waals surface area contributed by atoms with E-state index in [9.17, 15) is 9.59 Å². The molecule has 0 radical (unpaired) electrons. The molecule has 0 saturated heterocycles. The summed E-state index contributed by atoms with van der Waals surface area (Å²) in [5.74, 6) is -0.336. The maximum atomic E-state index is 12.6. The molecule has 0 aliphatic carbocycles. The Labute approximate surface area is 169 Å². The second kappa shape index (κ2) is 10.6. The van der Waals surface area contributed by atoms with E-state index in [0.29, 0.717) is 31.1 Å². The van der Waals surface area contributed by atoms with Crippen LogP contribution in [0.5, 0.6) is 0 Å². The summed E-state index contributed by atoms with van der Waals surface area (Å²) in [5.41, 5.74) is 1.61. The number of hydrogen-bond acceptors (Lipinski definition) is 4. The summed E-state index contributed by atoms with van der Waals surface area (Å²) in [7, 11) is 0. The van der Waals surface area contributed by atoms with Crippen LogP contribution in [0.25, 0.3) is 6.08 Å². The largest absolute Gasteiger partial charge is 0.465 e. The molecule has 0 saturated carbocycles. The molecule has 2 amide bonds. The van der Waals surface area contributed by atoms with Crippen LogP contribution in [-0.2, 0) is 16.1 Å². The van der Waals surface area contributed by atoms with Gasteiger partial charge in [0.15, 0.2) is 0 Å². The molecule has 2 N–H and O–H groups in total. The average molecular weight is 390 g/mol. The fourth-order valence-corrected chi connectivity index (χ4v) is 2.55. The Morgan fingerprint density at radius 3 is 2.34 bits per heavy atom. The van der Waals surface area contributed by atoms with Crippen molar-refractivity contribution in [3.8, 4) is 0 Å². The van der Waals surface area contributed by atoms with Crippen LogP contribution < -0.4 is 10.6 Å². The van der Waals surface area contributed by atoms with Crippen molar-refractivity contribution in [1.29, 1.82) is 0 Å². The van der Waals surface area contributed by atoms with Crippen LogP contribution in [0.3, 0.4) is 0 Å². The molecule has 0 aliphatic rings. The molecular weight excluding hydrogens is 368 g/mol. The normalized spacial score (nSPS) is 11.1. The van der Waals surface area contributed by atoms with Crippen molar-refractivity contribution in [1.82, 2.24) is 10.6 Å². The van der Waals surface area contributed by atoms with Crippen LogP contribution in [0.1, 0.15) is 21.7 Å². The van der Waals surface area contributed by atoms with Gasteiger partial charge in [-0.1, -0.05) is 48.5 Å². The summed E-state index contributed by atoms with van der Waals surface area (Å²) in [4.78, 5) is 25.0. The zero-order chi connectivity index (χ0) is 20.3. The third-order valence-corrected chi connectivity index (χ3v) is 4.00. The molecule has 6 heteroatoms. The maximum absolute atomic E-state index is 12.6. The number of ether oxygens (including phenoxy) is 1. The van der Waals surface area contributed by atoms with Crippen molar-refractivity contribution < 1.29 is 18.7 Å². The smallest absolute Gasteiger partial charge is 0.268 e. The third-order valence-electron chi connectivity index (χ3n) is 4.00. The molecule has 1 heterocycles. The van der Waals surface area contributed by atoms with Crippen molar-refractivity contribution in [3.05, 3.63) is 102 Å². The minimum absolute atomic E-state index is 0.0943. The van der Waals surface area contributed by atoms with Gasteiger partial charge in [-0.3, -0.25) is 9.59 Å². The highest BCUT2D eigenvalue weighted by molar-refractivity contribution is 6.05. The lowest BCUT2D eigenvalue weighted by atomic mass is 10.2. The van der Waals surface area contributed by atoms with Gasteiger partial charge >= 0.3 is 0 Å². The molecular formula is C23H22N2O4. The van der Waals surface area contributed by atoms with Crippen LogP contribution >= 0.6 is 0 Å². The molecule has 0 atom stereocenters. The Morgan fingerprint density at radius 2 is 1.66 bits per heavy atom. The Kier molecular flexibility index (Phi) is 7.37. The van der Waals surface area contributed by atoms with E-state index in [0.717, 1.165) is 5.56 Å². The van der Waals surface area contributed by atoms with Crippen LogP contribution in [0.4, 0.5) is 0 Å². The molecule has 0 bridgehead atoms. The first-order valence-corrected chi connectivity index (χ1v) is 9.24. The van der Waals surface area contributed by atoms with Gasteiger partial charge in [-0.2, -0.15) is 0 Å². The van der Waals surface area contributed by atoms with Gasteiger partial charge in [-0.15, -0.1) is 0 Å². The highest BCUT2D eigenvalue weighted by atomic mass is 16.5. The Hall–Kier alpha value is -3.64. The Morgan fingerprint density at radius 1 is 0.931 bits per heavy atom. The first kappa shape index (κ1) is 20.1. The summed E-state index contributed by atoms with van der Waals surface area (Å²) >= 11 is 0. The summed E-state index contributed by atoms with van der Waals surface area (Å²) in [6, 6.07) is 21.9. The van der Waals surface area contributed by atoms with Crippen molar-refractivity contribution in [2.45, 2.75) is 6.61 Å². The second-order valence-corrected chi connectivity index (χ2v) is 6.19. The zero-order valence-corrected chi connectivity index (χ0v) is 15.8. The predicted octanol–water partition coefficient (Wildman–Crippen LogP) is 3.38. The SMILES string of the molecule is O=C(NCCOCc1ccccc1)/C(=C/c1ccco1)NC(=O)c1ccccc1. The summed E-state index contributed by atoms with van der Waals surface area (Å²) in [6.07, 6.45) is 2.98. The molecule has 0 unspecified atom stereocenters. The molecule has 6 nitrogen and oxygen atoms in total. The molecule has 2 aromatic carbocycles. The Balaban J connectivity index is 1.55. The number of furan rings is 1.